The van der Waals surface area contributed by atoms with Crippen LogP contribution < -0.4 is 0 Å². The fraction of sp³-hybridized carbons (Fsp3) is 0.182. The Labute approximate surface area is 77.5 Å². The molecular weight excluding hydrogens is 164 g/mol. The summed E-state index contributed by atoms with van der Waals surface area (Å²) >= 11 is 0. The van der Waals surface area contributed by atoms with E-state index in [0.29, 0.717) is 5.56 Å². The number of aromatic hydroxyl groups is 1. The Kier molecular flexibility index (Phi) is 2.85. The third-order valence-electron chi connectivity index (χ3n) is 1.76. The Bertz CT molecular complexity index is 351. The van der Waals surface area contributed by atoms with Crippen molar-refractivity contribution in [3.8, 4) is 5.75 Å². The number of phenols is 1. The standard InChI is InChI=1S/C11H12O2/c1-3-4-9-5-6-10(8(2)12)11(13)7-9/h3-7,13H,1-2H3. The average molecular weight is 176 g/mol. The van der Waals surface area contributed by atoms with Gasteiger partial charge < -0.3 is 5.11 Å². The molecule has 0 spiro atoms. The van der Waals surface area contributed by atoms with Crippen molar-refractivity contribution in [3.05, 3.63) is 35.4 Å². The SMILES string of the molecule is CC=Cc1ccc(C(C)=O)c(O)c1. The van der Waals surface area contributed by atoms with Crippen molar-refractivity contribution in [1.82, 2.24) is 0 Å². The van der Waals surface area contributed by atoms with Crippen LogP contribution in [0.15, 0.2) is 24.3 Å². The normalized spacial score (nSPS) is 10.6. The molecule has 0 unspecified atom stereocenters. The minimum Gasteiger partial charge on any atom is -0.507 e. The molecule has 0 radical (unpaired) electrons. The maximum absolute atomic E-state index is 11.0. The lowest BCUT2D eigenvalue weighted by Gasteiger charge is -2.00. The summed E-state index contributed by atoms with van der Waals surface area (Å²) in [6, 6.07) is 5.01. The minimum absolute atomic E-state index is 0.0445. The topological polar surface area (TPSA) is 37.3 Å². The van der Waals surface area contributed by atoms with Crippen LogP contribution in [0.25, 0.3) is 6.08 Å². The molecule has 2 nitrogen and oxygen atoms in total. The largest absolute Gasteiger partial charge is 0.507 e. The van der Waals surface area contributed by atoms with Gasteiger partial charge in [0.1, 0.15) is 5.75 Å². The van der Waals surface area contributed by atoms with Gasteiger partial charge in [0.2, 0.25) is 0 Å². The van der Waals surface area contributed by atoms with Crippen LogP contribution in [0, 0.1) is 0 Å². The lowest BCUT2D eigenvalue weighted by molar-refractivity contribution is 0.101. The molecule has 0 aromatic heterocycles. The third-order valence-corrected chi connectivity index (χ3v) is 1.76. The molecule has 0 saturated carbocycles. The molecule has 1 N–H and O–H groups in total. The van der Waals surface area contributed by atoms with E-state index in [2.05, 4.69) is 0 Å². The van der Waals surface area contributed by atoms with Crippen LogP contribution in [-0.4, -0.2) is 10.9 Å². The van der Waals surface area contributed by atoms with E-state index in [1.165, 1.54) is 6.92 Å². The summed E-state index contributed by atoms with van der Waals surface area (Å²) in [5.41, 5.74) is 1.26. The highest BCUT2D eigenvalue weighted by Crippen LogP contribution is 2.19. The van der Waals surface area contributed by atoms with Crippen molar-refractivity contribution in [3.63, 3.8) is 0 Å². The van der Waals surface area contributed by atoms with Gasteiger partial charge in [-0.05, 0) is 31.5 Å². The van der Waals surface area contributed by atoms with Crippen molar-refractivity contribution in [1.29, 1.82) is 0 Å². The first-order valence-corrected chi connectivity index (χ1v) is 4.12. The molecule has 0 atom stereocenters. The molecule has 13 heavy (non-hydrogen) atoms. The Morgan fingerprint density at radius 2 is 2.15 bits per heavy atom. The monoisotopic (exact) mass is 176 g/mol. The molecule has 68 valence electrons. The smallest absolute Gasteiger partial charge is 0.163 e. The molecule has 0 saturated heterocycles. The van der Waals surface area contributed by atoms with Crippen molar-refractivity contribution in [2.45, 2.75) is 13.8 Å². The Hall–Kier alpha value is -1.57. The molecule has 0 aliphatic heterocycles. The molecule has 0 fully saturated rings. The predicted molar refractivity (Wildman–Crippen MR) is 52.8 cm³/mol. The van der Waals surface area contributed by atoms with Crippen LogP contribution in [0.3, 0.4) is 0 Å². The number of hydrogen-bond acceptors (Lipinski definition) is 2. The van der Waals surface area contributed by atoms with Gasteiger partial charge >= 0.3 is 0 Å². The summed E-state index contributed by atoms with van der Waals surface area (Å²) in [6.07, 6.45) is 3.74. The molecule has 1 aromatic carbocycles. The van der Waals surface area contributed by atoms with E-state index in [0.717, 1.165) is 5.56 Å². The second-order valence-corrected chi connectivity index (χ2v) is 2.83. The molecular formula is C11H12O2. The number of ketones is 1. The van der Waals surface area contributed by atoms with E-state index in [9.17, 15) is 9.90 Å². The first kappa shape index (κ1) is 9.52. The predicted octanol–water partition coefficient (Wildman–Crippen LogP) is 2.63. The zero-order valence-electron chi connectivity index (χ0n) is 7.74. The molecule has 1 aromatic rings. The Balaban J connectivity index is 3.12. The first-order chi connectivity index (χ1) is 6.15. The number of rotatable bonds is 2. The van der Waals surface area contributed by atoms with Gasteiger partial charge in [0.15, 0.2) is 5.78 Å². The van der Waals surface area contributed by atoms with Crippen LogP contribution in [0.4, 0.5) is 0 Å². The van der Waals surface area contributed by atoms with Crippen molar-refractivity contribution >= 4 is 11.9 Å². The van der Waals surface area contributed by atoms with Crippen LogP contribution in [0.5, 0.6) is 5.75 Å². The fourth-order valence-corrected chi connectivity index (χ4v) is 1.14. The molecule has 0 bridgehead atoms. The summed E-state index contributed by atoms with van der Waals surface area (Å²) < 4.78 is 0. The van der Waals surface area contributed by atoms with Gasteiger partial charge in [-0.1, -0.05) is 18.2 Å². The summed E-state index contributed by atoms with van der Waals surface area (Å²) in [6.45, 7) is 3.33. The van der Waals surface area contributed by atoms with Gasteiger partial charge in [-0.15, -0.1) is 0 Å². The average Bonchev–Trinajstić information content (AvgIpc) is 2.04. The highest BCUT2D eigenvalue weighted by Gasteiger charge is 2.05. The summed E-state index contributed by atoms with van der Waals surface area (Å²) in [5.74, 6) is -0.0763. The lowest BCUT2D eigenvalue weighted by atomic mass is 10.1. The third kappa shape index (κ3) is 2.18. The number of hydrogen-bond donors (Lipinski definition) is 1. The molecule has 0 amide bonds. The van der Waals surface area contributed by atoms with Gasteiger partial charge in [0.25, 0.3) is 0 Å². The fourth-order valence-electron chi connectivity index (χ4n) is 1.14. The molecule has 0 aliphatic carbocycles. The minimum atomic E-state index is -0.121. The number of allylic oxidation sites excluding steroid dienone is 1. The number of carbonyl (C=O) groups excluding carboxylic acids is 1. The summed E-state index contributed by atoms with van der Waals surface area (Å²) in [7, 11) is 0. The van der Waals surface area contributed by atoms with Crippen molar-refractivity contribution in [2.75, 3.05) is 0 Å². The maximum atomic E-state index is 11.0. The van der Waals surface area contributed by atoms with E-state index in [1.54, 1.807) is 18.2 Å². The second kappa shape index (κ2) is 3.90. The summed E-state index contributed by atoms with van der Waals surface area (Å²) in [4.78, 5) is 11.0. The molecule has 1 rings (SSSR count). The zero-order valence-corrected chi connectivity index (χ0v) is 7.74. The van der Waals surface area contributed by atoms with Gasteiger partial charge in [0.05, 0.1) is 5.56 Å². The number of phenolic OH excluding ortho intramolecular Hbond substituents is 1. The number of benzene rings is 1. The first-order valence-electron chi connectivity index (χ1n) is 4.12. The van der Waals surface area contributed by atoms with Crippen LogP contribution >= 0.6 is 0 Å². The quantitative estimate of drug-likeness (QED) is 0.703. The number of carbonyl (C=O) groups is 1. The van der Waals surface area contributed by atoms with Crippen molar-refractivity contribution < 1.29 is 9.90 Å². The molecule has 0 heterocycles. The summed E-state index contributed by atoms with van der Waals surface area (Å²) in [5, 5.41) is 9.43. The highest BCUT2D eigenvalue weighted by molar-refractivity contribution is 5.96. The highest BCUT2D eigenvalue weighted by atomic mass is 16.3. The van der Waals surface area contributed by atoms with Gasteiger partial charge in [-0.3, -0.25) is 4.79 Å². The lowest BCUT2D eigenvalue weighted by Crippen LogP contribution is -1.92. The van der Waals surface area contributed by atoms with E-state index >= 15 is 0 Å². The number of Topliss-reactive ketones (excluding diaryl/α,β-unsaturated/α-hetero) is 1. The maximum Gasteiger partial charge on any atom is 0.163 e. The molecule has 2 heteroatoms. The second-order valence-electron chi connectivity index (χ2n) is 2.83. The van der Waals surface area contributed by atoms with Gasteiger partial charge in [-0.2, -0.15) is 0 Å². The Morgan fingerprint density at radius 3 is 2.62 bits per heavy atom. The van der Waals surface area contributed by atoms with E-state index < -0.39 is 0 Å². The van der Waals surface area contributed by atoms with Crippen LogP contribution in [0.2, 0.25) is 0 Å². The zero-order chi connectivity index (χ0) is 9.84. The Morgan fingerprint density at radius 1 is 1.46 bits per heavy atom. The van der Waals surface area contributed by atoms with Gasteiger partial charge in [-0.25, -0.2) is 0 Å². The molecule has 0 aliphatic rings. The van der Waals surface area contributed by atoms with Crippen LogP contribution in [0.1, 0.15) is 29.8 Å². The van der Waals surface area contributed by atoms with E-state index in [-0.39, 0.29) is 11.5 Å². The van der Waals surface area contributed by atoms with Gasteiger partial charge in [0, 0.05) is 0 Å². The van der Waals surface area contributed by atoms with Crippen molar-refractivity contribution in [2.24, 2.45) is 0 Å². The van der Waals surface area contributed by atoms with Crippen LogP contribution in [-0.2, 0) is 0 Å². The van der Waals surface area contributed by atoms with E-state index in [1.807, 2.05) is 19.1 Å². The van der Waals surface area contributed by atoms with E-state index in [4.69, 9.17) is 0 Å².